The minimum absolute atomic E-state index is 0.140. The Hall–Kier alpha value is -4.06. The molecule has 4 heterocycles. The number of hydrogen-bond acceptors (Lipinski definition) is 7. The van der Waals surface area contributed by atoms with Gasteiger partial charge in [0.2, 0.25) is 0 Å². The zero-order valence-electron chi connectivity index (χ0n) is 14.4. The van der Waals surface area contributed by atoms with Gasteiger partial charge in [-0.3, -0.25) is 4.98 Å². The molecule has 0 saturated heterocycles. The van der Waals surface area contributed by atoms with Gasteiger partial charge >= 0.3 is 0 Å². The lowest BCUT2D eigenvalue weighted by Gasteiger charge is -2.19. The van der Waals surface area contributed by atoms with E-state index in [1.165, 1.54) is 6.33 Å². The number of imidazole rings is 1. The third-order valence-corrected chi connectivity index (χ3v) is 4.10. The van der Waals surface area contributed by atoms with Crippen molar-refractivity contribution in [2.75, 3.05) is 11.1 Å². The number of aromatic nitrogens is 6. The second kappa shape index (κ2) is 6.68. The fraction of sp³-hybridized carbons (Fsp3) is 0.111. The van der Waals surface area contributed by atoms with E-state index >= 15 is 0 Å². The number of fused-ring (bicyclic) bond motifs is 1. The number of nitrogens with one attached hydrogen (secondary N) is 1. The van der Waals surface area contributed by atoms with Crippen LogP contribution in [-0.2, 0) is 0 Å². The number of nitrogen functional groups attached to an aromatic ring is 1. The van der Waals surface area contributed by atoms with E-state index in [-0.39, 0.29) is 17.5 Å². The summed E-state index contributed by atoms with van der Waals surface area (Å²) in [6, 6.07) is 7.37. The van der Waals surface area contributed by atoms with Crippen molar-refractivity contribution in [2.24, 2.45) is 0 Å². The highest BCUT2D eigenvalue weighted by Crippen LogP contribution is 2.32. The van der Waals surface area contributed by atoms with Gasteiger partial charge in [-0.25, -0.2) is 24.3 Å². The van der Waals surface area contributed by atoms with Gasteiger partial charge in [0.05, 0.1) is 18.3 Å². The van der Waals surface area contributed by atoms with Crippen LogP contribution >= 0.6 is 0 Å². The molecule has 9 heteroatoms. The summed E-state index contributed by atoms with van der Waals surface area (Å²) < 4.78 is 1.70. The van der Waals surface area contributed by atoms with Crippen LogP contribution in [0.15, 0.2) is 49.2 Å². The summed E-state index contributed by atoms with van der Waals surface area (Å²) in [6.45, 7) is 9.28. The number of anilines is 2. The molecule has 0 saturated carbocycles. The SMILES string of the molecule is [C-]#[N+]c1c(N)ncnc1NC(C)c1cc2nccn2nc1-c1ccccn1. The summed E-state index contributed by atoms with van der Waals surface area (Å²) in [4.78, 5) is 20.2. The first-order valence-corrected chi connectivity index (χ1v) is 8.17. The molecule has 27 heavy (non-hydrogen) atoms. The highest BCUT2D eigenvalue weighted by Gasteiger charge is 2.19. The van der Waals surface area contributed by atoms with Crippen LogP contribution in [0.1, 0.15) is 18.5 Å². The maximum atomic E-state index is 7.33. The minimum Gasteiger partial charge on any atom is -0.392 e. The second-order valence-corrected chi connectivity index (χ2v) is 5.83. The predicted molar refractivity (Wildman–Crippen MR) is 101 cm³/mol. The van der Waals surface area contributed by atoms with E-state index in [9.17, 15) is 0 Å². The molecule has 4 aromatic heterocycles. The Labute approximate surface area is 154 Å². The molecule has 4 rings (SSSR count). The van der Waals surface area contributed by atoms with Crippen molar-refractivity contribution in [1.29, 1.82) is 0 Å². The van der Waals surface area contributed by atoms with Crippen molar-refractivity contribution in [3.05, 3.63) is 66.2 Å². The number of rotatable bonds is 4. The average molecular weight is 357 g/mol. The Morgan fingerprint density at radius 2 is 2.07 bits per heavy atom. The molecule has 0 aromatic carbocycles. The molecule has 0 spiro atoms. The number of nitrogens with two attached hydrogens (primary N) is 1. The van der Waals surface area contributed by atoms with Gasteiger partial charge in [-0.05, 0) is 25.1 Å². The molecule has 0 amide bonds. The maximum Gasteiger partial charge on any atom is 0.268 e. The topological polar surface area (TPSA) is 111 Å². The predicted octanol–water partition coefficient (Wildman–Crippen LogP) is 2.89. The molecule has 0 aliphatic heterocycles. The van der Waals surface area contributed by atoms with Crippen molar-refractivity contribution in [3.8, 4) is 11.4 Å². The molecule has 1 unspecified atom stereocenters. The van der Waals surface area contributed by atoms with E-state index in [1.54, 1.807) is 23.1 Å². The van der Waals surface area contributed by atoms with Crippen molar-refractivity contribution in [2.45, 2.75) is 13.0 Å². The van der Waals surface area contributed by atoms with Crippen LogP contribution in [-0.4, -0.2) is 29.5 Å². The van der Waals surface area contributed by atoms with Crippen molar-refractivity contribution < 1.29 is 0 Å². The second-order valence-electron chi connectivity index (χ2n) is 5.83. The molecule has 3 N–H and O–H groups in total. The molecular weight excluding hydrogens is 342 g/mol. The Morgan fingerprint density at radius 3 is 2.85 bits per heavy atom. The lowest BCUT2D eigenvalue weighted by Crippen LogP contribution is -2.12. The monoisotopic (exact) mass is 357 g/mol. The summed E-state index contributed by atoms with van der Waals surface area (Å²) in [6.07, 6.45) is 6.52. The summed E-state index contributed by atoms with van der Waals surface area (Å²) in [5.41, 5.74) is 9.03. The van der Waals surface area contributed by atoms with Gasteiger partial charge in [0.25, 0.3) is 5.69 Å². The van der Waals surface area contributed by atoms with Crippen molar-refractivity contribution >= 4 is 23.0 Å². The highest BCUT2D eigenvalue weighted by molar-refractivity contribution is 5.76. The molecule has 0 bridgehead atoms. The molecule has 1 atom stereocenters. The number of pyridine rings is 1. The van der Waals surface area contributed by atoms with Gasteiger partial charge in [0, 0.05) is 24.2 Å². The first-order chi connectivity index (χ1) is 13.2. The summed E-state index contributed by atoms with van der Waals surface area (Å²) in [5, 5.41) is 7.90. The zero-order chi connectivity index (χ0) is 18.8. The Balaban J connectivity index is 1.81. The Morgan fingerprint density at radius 1 is 1.19 bits per heavy atom. The minimum atomic E-state index is -0.231. The largest absolute Gasteiger partial charge is 0.392 e. The van der Waals surface area contributed by atoms with Gasteiger partial charge < -0.3 is 11.1 Å². The number of nitrogens with zero attached hydrogens (tertiary/aromatic N) is 7. The standard InChI is InChI=1S/C18H15N9/c1-11(25-18-16(20-2)17(19)23-10-24-18)12-9-14-22-7-8-27(14)26-15(12)13-5-3-4-6-21-13/h3-11H,1H3,(H3,19,23,24,25). The van der Waals surface area contributed by atoms with Crippen LogP contribution in [0.5, 0.6) is 0 Å². The van der Waals surface area contributed by atoms with Gasteiger partial charge in [-0.15, -0.1) is 0 Å². The van der Waals surface area contributed by atoms with Crippen LogP contribution < -0.4 is 11.1 Å². The first kappa shape index (κ1) is 16.4. The van der Waals surface area contributed by atoms with E-state index in [1.807, 2.05) is 31.2 Å². The molecule has 4 aromatic rings. The molecule has 0 radical (unpaired) electrons. The Kier molecular flexibility index (Phi) is 4.06. The molecule has 0 aliphatic carbocycles. The fourth-order valence-electron chi connectivity index (χ4n) is 2.79. The van der Waals surface area contributed by atoms with Gasteiger partial charge in [0.1, 0.15) is 23.7 Å². The summed E-state index contributed by atoms with van der Waals surface area (Å²) in [5.74, 6) is 0.515. The van der Waals surface area contributed by atoms with Gasteiger partial charge in [-0.2, -0.15) is 5.10 Å². The third-order valence-electron chi connectivity index (χ3n) is 4.10. The molecule has 132 valence electrons. The summed E-state index contributed by atoms with van der Waals surface area (Å²) >= 11 is 0. The van der Waals surface area contributed by atoms with Crippen LogP contribution in [0.25, 0.3) is 21.9 Å². The van der Waals surface area contributed by atoms with Crippen LogP contribution in [0.2, 0.25) is 0 Å². The zero-order valence-corrected chi connectivity index (χ0v) is 14.4. The van der Waals surface area contributed by atoms with E-state index < -0.39 is 0 Å². The quantitative estimate of drug-likeness (QED) is 0.540. The maximum absolute atomic E-state index is 7.33. The number of hydrogen-bond donors (Lipinski definition) is 2. The molecule has 0 aliphatic rings. The van der Waals surface area contributed by atoms with Crippen LogP contribution in [0.4, 0.5) is 17.3 Å². The highest BCUT2D eigenvalue weighted by atomic mass is 15.2. The lowest BCUT2D eigenvalue weighted by atomic mass is 10.0. The normalized spacial score (nSPS) is 11.9. The van der Waals surface area contributed by atoms with E-state index in [0.717, 1.165) is 11.3 Å². The van der Waals surface area contributed by atoms with E-state index in [0.29, 0.717) is 17.2 Å². The smallest absolute Gasteiger partial charge is 0.268 e. The fourth-order valence-corrected chi connectivity index (χ4v) is 2.79. The van der Waals surface area contributed by atoms with Crippen molar-refractivity contribution in [1.82, 2.24) is 29.5 Å². The summed E-state index contributed by atoms with van der Waals surface area (Å²) in [7, 11) is 0. The van der Waals surface area contributed by atoms with E-state index in [2.05, 4.69) is 35.2 Å². The average Bonchev–Trinajstić information content (AvgIpc) is 3.15. The third kappa shape index (κ3) is 3.00. The van der Waals surface area contributed by atoms with E-state index in [4.69, 9.17) is 12.3 Å². The molecule has 0 fully saturated rings. The van der Waals surface area contributed by atoms with Crippen molar-refractivity contribution in [3.63, 3.8) is 0 Å². The van der Waals surface area contributed by atoms with Gasteiger partial charge in [0.15, 0.2) is 5.65 Å². The molecule has 9 nitrogen and oxygen atoms in total. The van der Waals surface area contributed by atoms with Crippen LogP contribution in [0.3, 0.4) is 0 Å². The van der Waals surface area contributed by atoms with Gasteiger partial charge in [-0.1, -0.05) is 6.07 Å². The van der Waals surface area contributed by atoms with Crippen LogP contribution in [0, 0.1) is 6.57 Å². The first-order valence-electron chi connectivity index (χ1n) is 8.17. The molecular formula is C18H15N9. The Bertz CT molecular complexity index is 1140. The lowest BCUT2D eigenvalue weighted by molar-refractivity contribution is 0.839.